The van der Waals surface area contributed by atoms with Crippen molar-refractivity contribution in [3.05, 3.63) is 165 Å². The molecule has 0 spiro atoms. The highest BCUT2D eigenvalue weighted by Gasteiger charge is 2.22. The van der Waals surface area contributed by atoms with Gasteiger partial charge in [-0.2, -0.15) is 0 Å². The monoisotopic (exact) mass is 762 g/mol. The Labute approximate surface area is 314 Å². The van der Waals surface area contributed by atoms with E-state index < -0.39 is 26.2 Å². The number of benzene rings is 5. The first-order valence-corrected chi connectivity index (χ1v) is 19.2. The van der Waals surface area contributed by atoms with Gasteiger partial charge in [0.15, 0.2) is 12.4 Å². The quantitative estimate of drug-likeness (QED) is 0.0503. The third-order valence-electron chi connectivity index (χ3n) is 8.74. The highest BCUT2D eigenvalue weighted by Crippen LogP contribution is 2.32. The molecule has 5 aromatic carbocycles. The van der Waals surface area contributed by atoms with Crippen molar-refractivity contribution in [2.45, 2.75) is 45.3 Å². The molecule has 0 bridgehead atoms. The fourth-order valence-electron chi connectivity index (χ4n) is 6.07. The molecule has 0 N–H and O–H groups in total. The molecule has 6 nitrogen and oxygen atoms in total. The van der Waals surface area contributed by atoms with Crippen molar-refractivity contribution in [1.82, 2.24) is 4.90 Å². The van der Waals surface area contributed by atoms with Crippen LogP contribution in [0.15, 0.2) is 115 Å². The van der Waals surface area contributed by atoms with E-state index in [1.54, 1.807) is 49.4 Å². The van der Waals surface area contributed by atoms with E-state index in [0.717, 1.165) is 11.1 Å². The van der Waals surface area contributed by atoms with E-state index in [9.17, 15) is 18.1 Å². The number of rotatable bonds is 18. The summed E-state index contributed by atoms with van der Waals surface area (Å²) in [5, 5.41) is 0.0627. The number of aryl methyl sites for hydroxylation is 1. The zero-order chi connectivity index (χ0) is 37.7. The van der Waals surface area contributed by atoms with Crippen LogP contribution in [0.25, 0.3) is 0 Å². The van der Waals surface area contributed by atoms with E-state index in [4.69, 9.17) is 25.6 Å². The Morgan fingerprint density at radius 2 is 1.53 bits per heavy atom. The molecule has 0 radical (unpaired) electrons. The third-order valence-corrected chi connectivity index (χ3v) is 9.67. The topological polar surface area (TPSA) is 65.1 Å². The van der Waals surface area contributed by atoms with Gasteiger partial charge >= 0.3 is 14.0 Å². The van der Waals surface area contributed by atoms with Crippen LogP contribution in [0.5, 0.6) is 11.5 Å². The van der Waals surface area contributed by atoms with Crippen LogP contribution < -0.4 is 9.26 Å². The van der Waals surface area contributed by atoms with Crippen molar-refractivity contribution >= 4 is 25.6 Å². The first-order valence-electron chi connectivity index (χ1n) is 17.2. The summed E-state index contributed by atoms with van der Waals surface area (Å²) < 4.78 is 70.4. The highest BCUT2D eigenvalue weighted by atomic mass is 35.5. The molecule has 5 rings (SSSR count). The third kappa shape index (κ3) is 11.6. The van der Waals surface area contributed by atoms with Gasteiger partial charge in [0.25, 0.3) is 6.43 Å². The SMILES string of the molecule is Cc1cc(OCCCN(Cc2cccc(C(F)F)c2Cl)CC(c2ccccc2)c2ccccc2)cc(F)c1COC(=O)Cc1ccc(O[P+](C)=O)cc1. The minimum Gasteiger partial charge on any atom is -0.493 e. The standard InChI is InChI=1S/C42H41ClF3NO5P/c1-29-23-35(25-39(44)38(29)28-51-40(48)24-30-17-19-34(20-18-30)52-53(2)49)50-22-10-21-47(26-33-15-9-16-36(41(33)43)42(45)46)27-37(31-11-5-3-6-12-31)32-13-7-4-8-14-32/h3-9,11-20,23,25,37,42H,10,21-22,24,26-28H2,1-2H3/q+1. The summed E-state index contributed by atoms with van der Waals surface area (Å²) in [4.78, 5) is 14.7. The molecule has 0 aliphatic heterocycles. The predicted octanol–water partition coefficient (Wildman–Crippen LogP) is 10.9. The molecule has 0 fully saturated rings. The van der Waals surface area contributed by atoms with Gasteiger partial charge in [-0.1, -0.05) is 103 Å². The molecule has 11 heteroatoms. The van der Waals surface area contributed by atoms with Crippen molar-refractivity contribution in [3.63, 3.8) is 0 Å². The van der Waals surface area contributed by atoms with Crippen LogP contribution in [0.4, 0.5) is 13.2 Å². The van der Waals surface area contributed by atoms with Gasteiger partial charge in [-0.05, 0) is 63.9 Å². The zero-order valence-corrected chi connectivity index (χ0v) is 31.2. The van der Waals surface area contributed by atoms with Gasteiger partial charge in [0, 0.05) is 42.7 Å². The lowest BCUT2D eigenvalue weighted by atomic mass is 9.90. The number of nitrogens with zero attached hydrogens (tertiary/aromatic N) is 1. The van der Waals surface area contributed by atoms with Gasteiger partial charge in [-0.3, -0.25) is 14.2 Å². The lowest BCUT2D eigenvalue weighted by molar-refractivity contribution is -0.144. The molecular formula is C42H41ClF3NO5P+. The molecule has 0 aromatic heterocycles. The molecule has 0 saturated carbocycles. The second kappa shape index (κ2) is 19.4. The van der Waals surface area contributed by atoms with Crippen LogP contribution in [0.2, 0.25) is 5.02 Å². The summed E-state index contributed by atoms with van der Waals surface area (Å²) in [5.74, 6) is -0.287. The second-order valence-corrected chi connectivity index (χ2v) is 14.1. The maximum atomic E-state index is 15.2. The van der Waals surface area contributed by atoms with Crippen LogP contribution in [0, 0.1) is 12.7 Å². The Bertz CT molecular complexity index is 1900. The van der Waals surface area contributed by atoms with E-state index in [-0.39, 0.29) is 41.7 Å². The van der Waals surface area contributed by atoms with Gasteiger partial charge in [-0.25, -0.2) is 13.2 Å². The molecular weight excluding hydrogens is 722 g/mol. The van der Waals surface area contributed by atoms with Gasteiger partial charge < -0.3 is 9.47 Å². The maximum Gasteiger partial charge on any atom is 0.552 e. The summed E-state index contributed by atoms with van der Waals surface area (Å²) >= 11 is 6.49. The fourth-order valence-corrected chi connectivity index (χ4v) is 6.76. The van der Waals surface area contributed by atoms with Gasteiger partial charge in [0.2, 0.25) is 0 Å². The molecule has 0 saturated heterocycles. The zero-order valence-electron chi connectivity index (χ0n) is 29.5. The molecule has 0 aliphatic carbocycles. The first kappa shape index (κ1) is 39.5. The number of esters is 1. The first-order chi connectivity index (χ1) is 25.6. The van der Waals surface area contributed by atoms with Crippen molar-refractivity contribution in [3.8, 4) is 11.5 Å². The van der Waals surface area contributed by atoms with Gasteiger partial charge in [-0.15, -0.1) is 0 Å². The predicted molar refractivity (Wildman–Crippen MR) is 202 cm³/mol. The number of carbonyl (C=O) groups is 1. The molecule has 1 unspecified atom stereocenters. The minimum absolute atomic E-state index is 0.00288. The van der Waals surface area contributed by atoms with Crippen molar-refractivity contribution < 1.29 is 36.5 Å². The molecule has 0 amide bonds. The summed E-state index contributed by atoms with van der Waals surface area (Å²) in [5.41, 5.74) is 4.17. The van der Waals surface area contributed by atoms with E-state index in [1.165, 1.54) is 18.8 Å². The van der Waals surface area contributed by atoms with Crippen molar-refractivity contribution in [1.29, 1.82) is 0 Å². The summed E-state index contributed by atoms with van der Waals surface area (Å²) in [6, 6.07) is 34.6. The molecule has 5 aromatic rings. The van der Waals surface area contributed by atoms with Crippen molar-refractivity contribution in [2.75, 3.05) is 26.4 Å². The highest BCUT2D eigenvalue weighted by molar-refractivity contribution is 7.38. The summed E-state index contributed by atoms with van der Waals surface area (Å²) in [7, 11) is -1.79. The molecule has 0 heterocycles. The van der Waals surface area contributed by atoms with E-state index >= 15 is 4.39 Å². The van der Waals surface area contributed by atoms with Gasteiger partial charge in [0.1, 0.15) is 18.2 Å². The van der Waals surface area contributed by atoms with Crippen LogP contribution in [-0.2, 0) is 33.7 Å². The molecule has 53 heavy (non-hydrogen) atoms. The van der Waals surface area contributed by atoms with E-state index in [1.807, 2.05) is 36.4 Å². The maximum absolute atomic E-state index is 15.2. The van der Waals surface area contributed by atoms with Crippen LogP contribution in [0.1, 0.15) is 57.7 Å². The Morgan fingerprint density at radius 3 is 2.13 bits per heavy atom. The normalized spacial score (nSPS) is 11.6. The molecule has 276 valence electrons. The lowest BCUT2D eigenvalue weighted by Gasteiger charge is -2.29. The average molecular weight is 763 g/mol. The second-order valence-electron chi connectivity index (χ2n) is 12.6. The number of hydrogen-bond donors (Lipinski definition) is 0. The number of halogens is 4. The molecule has 0 aliphatic rings. The largest absolute Gasteiger partial charge is 0.552 e. The van der Waals surface area contributed by atoms with Crippen LogP contribution in [-0.4, -0.2) is 37.2 Å². The van der Waals surface area contributed by atoms with Crippen LogP contribution in [0.3, 0.4) is 0 Å². The summed E-state index contributed by atoms with van der Waals surface area (Å²) in [6.45, 7) is 4.70. The minimum atomic E-state index is -2.69. The van der Waals surface area contributed by atoms with Crippen LogP contribution >= 0.6 is 19.6 Å². The number of ether oxygens (including phenoxy) is 2. The average Bonchev–Trinajstić information content (AvgIpc) is 3.14. The van der Waals surface area contributed by atoms with Crippen molar-refractivity contribution in [2.24, 2.45) is 0 Å². The number of alkyl halides is 2. The summed E-state index contributed by atoms with van der Waals surface area (Å²) in [6.07, 6.45) is -2.14. The number of hydrogen-bond acceptors (Lipinski definition) is 6. The Hall–Kier alpha value is -4.69. The molecule has 1 atom stereocenters. The Morgan fingerprint density at radius 1 is 0.868 bits per heavy atom. The van der Waals surface area contributed by atoms with Gasteiger partial charge in [0.05, 0.1) is 18.1 Å². The fraction of sp³-hybridized carbons (Fsp3) is 0.262. The number of carbonyl (C=O) groups excluding carboxylic acids is 1. The lowest BCUT2D eigenvalue weighted by Crippen LogP contribution is -2.31. The smallest absolute Gasteiger partial charge is 0.493 e. The Balaban J connectivity index is 1.22. The Kier molecular flexibility index (Phi) is 14.5. The van der Waals surface area contributed by atoms with E-state index in [2.05, 4.69) is 29.2 Å². The van der Waals surface area contributed by atoms with E-state index in [0.29, 0.717) is 54.2 Å².